The summed E-state index contributed by atoms with van der Waals surface area (Å²) in [6, 6.07) is 8.00. The monoisotopic (exact) mass is 289 g/mol. The van der Waals surface area contributed by atoms with Gasteiger partial charge in [-0.15, -0.1) is 0 Å². The van der Waals surface area contributed by atoms with Crippen LogP contribution in [0.3, 0.4) is 0 Å². The lowest BCUT2D eigenvalue weighted by Gasteiger charge is -2.17. The molecular weight excluding hydrogens is 266 g/mol. The first kappa shape index (κ1) is 15.6. The highest BCUT2D eigenvalue weighted by atomic mass is 16.6. The molecule has 4 heteroatoms. The van der Waals surface area contributed by atoms with Gasteiger partial charge in [-0.05, 0) is 43.9 Å². The SMILES string of the molecule is CCOCCOC(=O)C(CC)n1ccc2cc(C)ccc21. The third-order valence-corrected chi connectivity index (χ3v) is 3.55. The van der Waals surface area contributed by atoms with Crippen molar-refractivity contribution in [3.05, 3.63) is 36.0 Å². The maximum absolute atomic E-state index is 12.2. The highest BCUT2D eigenvalue weighted by Crippen LogP contribution is 2.24. The number of rotatable bonds is 7. The van der Waals surface area contributed by atoms with Crippen LogP contribution >= 0.6 is 0 Å². The molecule has 2 aromatic rings. The molecule has 1 heterocycles. The molecule has 0 fully saturated rings. The van der Waals surface area contributed by atoms with Crippen molar-refractivity contribution in [2.75, 3.05) is 19.8 Å². The van der Waals surface area contributed by atoms with E-state index in [1.165, 1.54) is 5.56 Å². The van der Waals surface area contributed by atoms with Gasteiger partial charge in [0, 0.05) is 18.3 Å². The quantitative estimate of drug-likeness (QED) is 0.579. The number of fused-ring (bicyclic) bond motifs is 1. The fourth-order valence-corrected chi connectivity index (χ4v) is 2.47. The molecule has 0 aliphatic rings. The molecule has 114 valence electrons. The van der Waals surface area contributed by atoms with Gasteiger partial charge >= 0.3 is 5.97 Å². The summed E-state index contributed by atoms with van der Waals surface area (Å²) in [6.45, 7) is 7.37. The Bertz CT molecular complexity index is 603. The van der Waals surface area contributed by atoms with Gasteiger partial charge in [0.2, 0.25) is 0 Å². The molecule has 1 aromatic carbocycles. The van der Waals surface area contributed by atoms with Crippen molar-refractivity contribution in [3.63, 3.8) is 0 Å². The Labute approximate surface area is 125 Å². The summed E-state index contributed by atoms with van der Waals surface area (Å²) in [5.74, 6) is -0.199. The van der Waals surface area contributed by atoms with Crippen LogP contribution in [0.1, 0.15) is 31.9 Å². The lowest BCUT2D eigenvalue weighted by molar-refractivity contribution is -0.149. The minimum atomic E-state index is -0.285. The Morgan fingerprint density at radius 3 is 2.76 bits per heavy atom. The van der Waals surface area contributed by atoms with Crippen molar-refractivity contribution in [3.8, 4) is 0 Å². The van der Waals surface area contributed by atoms with Crippen LogP contribution in [0.2, 0.25) is 0 Å². The van der Waals surface area contributed by atoms with E-state index in [-0.39, 0.29) is 12.0 Å². The Kier molecular flexibility index (Phi) is 5.39. The largest absolute Gasteiger partial charge is 0.462 e. The van der Waals surface area contributed by atoms with Crippen LogP contribution in [0.4, 0.5) is 0 Å². The number of aryl methyl sites for hydroxylation is 1. The van der Waals surface area contributed by atoms with Crippen LogP contribution in [0.15, 0.2) is 30.5 Å². The smallest absolute Gasteiger partial charge is 0.329 e. The molecule has 2 rings (SSSR count). The summed E-state index contributed by atoms with van der Waals surface area (Å²) in [5, 5.41) is 1.15. The van der Waals surface area contributed by atoms with E-state index in [9.17, 15) is 4.79 Å². The fourth-order valence-electron chi connectivity index (χ4n) is 2.47. The molecule has 0 bridgehead atoms. The van der Waals surface area contributed by atoms with Gasteiger partial charge in [-0.1, -0.05) is 18.6 Å². The summed E-state index contributed by atoms with van der Waals surface area (Å²) in [5.41, 5.74) is 2.28. The lowest BCUT2D eigenvalue weighted by atomic mass is 10.1. The van der Waals surface area contributed by atoms with Gasteiger partial charge in [-0.2, -0.15) is 0 Å². The molecule has 0 saturated carbocycles. The molecule has 0 aliphatic carbocycles. The van der Waals surface area contributed by atoms with E-state index in [1.807, 2.05) is 30.7 Å². The van der Waals surface area contributed by atoms with E-state index in [4.69, 9.17) is 9.47 Å². The molecule has 1 unspecified atom stereocenters. The number of carbonyl (C=O) groups excluding carboxylic acids is 1. The fraction of sp³-hybridized carbons (Fsp3) is 0.471. The number of ether oxygens (including phenoxy) is 2. The summed E-state index contributed by atoms with van der Waals surface area (Å²) in [6.07, 6.45) is 2.66. The maximum atomic E-state index is 12.2. The van der Waals surface area contributed by atoms with Crippen LogP contribution in [-0.2, 0) is 14.3 Å². The van der Waals surface area contributed by atoms with Gasteiger partial charge < -0.3 is 14.0 Å². The molecule has 0 amide bonds. The number of hydrogen-bond donors (Lipinski definition) is 0. The zero-order valence-electron chi connectivity index (χ0n) is 13.0. The maximum Gasteiger partial charge on any atom is 0.329 e. The third-order valence-electron chi connectivity index (χ3n) is 3.55. The predicted octanol–water partition coefficient (Wildman–Crippen LogP) is 3.48. The molecule has 1 aromatic heterocycles. The van der Waals surface area contributed by atoms with Crippen molar-refractivity contribution in [1.82, 2.24) is 4.57 Å². The number of carbonyl (C=O) groups is 1. The van der Waals surface area contributed by atoms with Crippen molar-refractivity contribution in [2.24, 2.45) is 0 Å². The molecule has 0 aliphatic heterocycles. The second-order valence-corrected chi connectivity index (χ2v) is 5.07. The number of nitrogens with zero attached hydrogens (tertiary/aromatic N) is 1. The normalized spacial score (nSPS) is 12.5. The lowest BCUT2D eigenvalue weighted by Crippen LogP contribution is -2.22. The first-order valence-electron chi connectivity index (χ1n) is 7.49. The summed E-state index contributed by atoms with van der Waals surface area (Å²) >= 11 is 0. The highest BCUT2D eigenvalue weighted by Gasteiger charge is 2.21. The van der Waals surface area contributed by atoms with Crippen LogP contribution in [0.25, 0.3) is 10.9 Å². The molecule has 1 atom stereocenters. The minimum Gasteiger partial charge on any atom is -0.462 e. The standard InChI is InChI=1S/C17H23NO3/c1-4-15(17(19)21-11-10-20-5-2)18-9-8-14-12-13(3)6-7-16(14)18/h6-9,12,15H,4-5,10-11H2,1-3H3. The van der Waals surface area contributed by atoms with E-state index in [0.717, 1.165) is 10.9 Å². The zero-order valence-corrected chi connectivity index (χ0v) is 13.0. The number of hydrogen-bond acceptors (Lipinski definition) is 3. The van der Waals surface area contributed by atoms with Crippen LogP contribution in [0, 0.1) is 6.92 Å². The van der Waals surface area contributed by atoms with Crippen molar-refractivity contribution in [1.29, 1.82) is 0 Å². The van der Waals surface area contributed by atoms with Crippen molar-refractivity contribution < 1.29 is 14.3 Å². The molecule has 0 spiro atoms. The Hall–Kier alpha value is -1.81. The number of aromatic nitrogens is 1. The Morgan fingerprint density at radius 2 is 2.05 bits per heavy atom. The molecular formula is C17H23NO3. The average molecular weight is 289 g/mol. The van der Waals surface area contributed by atoms with Gasteiger partial charge in [0.1, 0.15) is 12.6 Å². The predicted molar refractivity (Wildman–Crippen MR) is 83.5 cm³/mol. The first-order valence-corrected chi connectivity index (χ1v) is 7.49. The van der Waals surface area contributed by atoms with E-state index >= 15 is 0 Å². The van der Waals surface area contributed by atoms with Gasteiger partial charge in [0.05, 0.1) is 6.61 Å². The highest BCUT2D eigenvalue weighted by molar-refractivity contribution is 5.84. The van der Waals surface area contributed by atoms with E-state index < -0.39 is 0 Å². The summed E-state index contributed by atoms with van der Waals surface area (Å²) < 4.78 is 12.5. The molecule has 0 N–H and O–H groups in total. The third kappa shape index (κ3) is 3.64. The van der Waals surface area contributed by atoms with Crippen LogP contribution in [0.5, 0.6) is 0 Å². The van der Waals surface area contributed by atoms with Gasteiger partial charge in [-0.25, -0.2) is 4.79 Å². The minimum absolute atomic E-state index is 0.199. The van der Waals surface area contributed by atoms with Gasteiger partial charge in [-0.3, -0.25) is 0 Å². The van der Waals surface area contributed by atoms with Gasteiger partial charge in [0.25, 0.3) is 0 Å². The van der Waals surface area contributed by atoms with Crippen LogP contribution < -0.4 is 0 Å². The second-order valence-electron chi connectivity index (χ2n) is 5.07. The summed E-state index contributed by atoms with van der Waals surface area (Å²) in [7, 11) is 0. The molecule has 21 heavy (non-hydrogen) atoms. The van der Waals surface area contributed by atoms with Crippen LogP contribution in [-0.4, -0.2) is 30.4 Å². The van der Waals surface area contributed by atoms with E-state index in [2.05, 4.69) is 25.1 Å². The number of benzene rings is 1. The van der Waals surface area contributed by atoms with E-state index in [0.29, 0.717) is 26.2 Å². The average Bonchev–Trinajstić information content (AvgIpc) is 2.87. The molecule has 4 nitrogen and oxygen atoms in total. The number of esters is 1. The van der Waals surface area contributed by atoms with E-state index in [1.54, 1.807) is 0 Å². The summed E-state index contributed by atoms with van der Waals surface area (Å²) in [4.78, 5) is 12.2. The van der Waals surface area contributed by atoms with Crippen molar-refractivity contribution >= 4 is 16.9 Å². The first-order chi connectivity index (χ1) is 10.2. The second kappa shape index (κ2) is 7.27. The Morgan fingerprint density at radius 1 is 1.24 bits per heavy atom. The Balaban J connectivity index is 2.13. The zero-order chi connectivity index (χ0) is 15.2. The van der Waals surface area contributed by atoms with Crippen molar-refractivity contribution in [2.45, 2.75) is 33.2 Å². The van der Waals surface area contributed by atoms with Gasteiger partial charge in [0.15, 0.2) is 0 Å². The molecule has 0 saturated heterocycles. The topological polar surface area (TPSA) is 40.5 Å². The molecule has 0 radical (unpaired) electrons.